The highest BCUT2D eigenvalue weighted by Gasteiger charge is 2.21. The first-order chi connectivity index (χ1) is 17.8. The van der Waals surface area contributed by atoms with Gasteiger partial charge < -0.3 is 20.1 Å². The highest BCUT2D eigenvalue weighted by Crippen LogP contribution is 2.36. The van der Waals surface area contributed by atoms with Crippen molar-refractivity contribution in [2.75, 3.05) is 6.61 Å². The van der Waals surface area contributed by atoms with Gasteiger partial charge in [0.15, 0.2) is 6.61 Å². The maximum absolute atomic E-state index is 12.6. The number of nitrogens with zero attached hydrogens (tertiary/aromatic N) is 1. The smallest absolute Gasteiger partial charge is 0.407 e. The molecule has 3 aromatic rings. The molecule has 3 rings (SSSR count). The molecule has 0 bridgehead atoms. The van der Waals surface area contributed by atoms with Crippen molar-refractivity contribution in [1.29, 1.82) is 0 Å². The number of amides is 2. The molecule has 0 unspecified atom stereocenters. The Kier molecular flexibility index (Phi) is 9.36. The van der Waals surface area contributed by atoms with E-state index < -0.39 is 11.7 Å². The van der Waals surface area contributed by atoms with Gasteiger partial charge in [-0.15, -0.1) is 0 Å². The molecule has 0 aliphatic heterocycles. The SMILES string of the molecule is Cc1ccc(-c2c(CNC(=O)OC(C)(C)C)c(CC(C)C)nc3ccc(OCC(=O)NC(C)C)cc23)cc1. The monoisotopic (exact) mass is 519 g/mol. The van der Waals surface area contributed by atoms with Crippen LogP contribution >= 0.6 is 0 Å². The lowest BCUT2D eigenvalue weighted by atomic mass is 9.91. The minimum absolute atomic E-state index is 0.0412. The van der Waals surface area contributed by atoms with Crippen LogP contribution in [0.15, 0.2) is 42.5 Å². The lowest BCUT2D eigenvalue weighted by molar-refractivity contribution is -0.123. The Morgan fingerprint density at radius 3 is 2.29 bits per heavy atom. The van der Waals surface area contributed by atoms with Crippen LogP contribution in [0.4, 0.5) is 4.79 Å². The van der Waals surface area contributed by atoms with E-state index in [1.807, 2.05) is 52.8 Å². The van der Waals surface area contributed by atoms with Crippen LogP contribution in [0.25, 0.3) is 22.0 Å². The number of hydrogen-bond donors (Lipinski definition) is 2. The molecule has 7 heteroatoms. The molecule has 0 fully saturated rings. The maximum Gasteiger partial charge on any atom is 0.407 e. The van der Waals surface area contributed by atoms with Gasteiger partial charge in [-0.3, -0.25) is 9.78 Å². The maximum atomic E-state index is 12.6. The van der Waals surface area contributed by atoms with Crippen molar-refractivity contribution in [2.45, 2.75) is 80.0 Å². The first-order valence-corrected chi connectivity index (χ1v) is 13.2. The van der Waals surface area contributed by atoms with Gasteiger partial charge in [-0.1, -0.05) is 43.7 Å². The molecule has 2 N–H and O–H groups in total. The number of alkyl carbamates (subject to hydrolysis) is 1. The normalized spacial score (nSPS) is 11.6. The second-order valence-corrected chi connectivity index (χ2v) is 11.4. The predicted molar refractivity (Wildman–Crippen MR) is 152 cm³/mol. The molecule has 38 heavy (non-hydrogen) atoms. The van der Waals surface area contributed by atoms with E-state index in [1.165, 1.54) is 0 Å². The Morgan fingerprint density at radius 2 is 1.68 bits per heavy atom. The second-order valence-electron chi connectivity index (χ2n) is 11.4. The molecule has 7 nitrogen and oxygen atoms in total. The number of rotatable bonds is 9. The van der Waals surface area contributed by atoms with Crippen LogP contribution in [-0.2, 0) is 22.5 Å². The average molecular weight is 520 g/mol. The van der Waals surface area contributed by atoms with Gasteiger partial charge in [-0.25, -0.2) is 4.79 Å². The highest BCUT2D eigenvalue weighted by molar-refractivity contribution is 5.97. The molecule has 0 atom stereocenters. The van der Waals surface area contributed by atoms with E-state index in [1.54, 1.807) is 0 Å². The van der Waals surface area contributed by atoms with Crippen LogP contribution in [0, 0.1) is 12.8 Å². The number of benzene rings is 2. The Hall–Kier alpha value is -3.61. The van der Waals surface area contributed by atoms with E-state index in [2.05, 4.69) is 55.7 Å². The zero-order chi connectivity index (χ0) is 28.0. The zero-order valence-electron chi connectivity index (χ0n) is 23.9. The van der Waals surface area contributed by atoms with Crippen LogP contribution in [0.5, 0.6) is 5.75 Å². The van der Waals surface area contributed by atoms with Crippen molar-refractivity contribution in [2.24, 2.45) is 5.92 Å². The largest absolute Gasteiger partial charge is 0.484 e. The molecule has 0 spiro atoms. The summed E-state index contributed by atoms with van der Waals surface area (Å²) < 4.78 is 11.3. The van der Waals surface area contributed by atoms with Crippen molar-refractivity contribution in [3.63, 3.8) is 0 Å². The average Bonchev–Trinajstić information content (AvgIpc) is 2.80. The van der Waals surface area contributed by atoms with Gasteiger partial charge in [0, 0.05) is 29.2 Å². The number of aryl methyl sites for hydroxylation is 1. The summed E-state index contributed by atoms with van der Waals surface area (Å²) in [5.74, 6) is 0.772. The summed E-state index contributed by atoms with van der Waals surface area (Å²) in [6.07, 6.45) is 0.282. The second kappa shape index (κ2) is 12.3. The van der Waals surface area contributed by atoms with Gasteiger partial charge >= 0.3 is 6.09 Å². The highest BCUT2D eigenvalue weighted by atomic mass is 16.6. The zero-order valence-corrected chi connectivity index (χ0v) is 23.9. The summed E-state index contributed by atoms with van der Waals surface area (Å²) in [5.41, 5.74) is 5.27. The van der Waals surface area contributed by atoms with Gasteiger partial charge in [-0.05, 0) is 83.2 Å². The predicted octanol–water partition coefficient (Wildman–Crippen LogP) is 6.34. The van der Waals surface area contributed by atoms with Gasteiger partial charge in [0.2, 0.25) is 0 Å². The molecule has 1 aromatic heterocycles. The quantitative estimate of drug-likeness (QED) is 0.344. The number of hydrogen-bond acceptors (Lipinski definition) is 5. The molecule has 0 saturated heterocycles. The van der Waals surface area contributed by atoms with Crippen molar-refractivity contribution in [3.05, 3.63) is 59.3 Å². The fraction of sp³-hybridized carbons (Fsp3) is 0.452. The number of ether oxygens (including phenoxy) is 2. The summed E-state index contributed by atoms with van der Waals surface area (Å²) >= 11 is 0. The van der Waals surface area contributed by atoms with E-state index >= 15 is 0 Å². The third kappa shape index (κ3) is 8.20. The van der Waals surface area contributed by atoms with Gasteiger partial charge in [-0.2, -0.15) is 0 Å². The fourth-order valence-electron chi connectivity index (χ4n) is 4.21. The number of pyridine rings is 1. The van der Waals surface area contributed by atoms with Crippen LogP contribution in [0.1, 0.15) is 65.3 Å². The van der Waals surface area contributed by atoms with Crippen LogP contribution in [0.3, 0.4) is 0 Å². The number of carbonyl (C=O) groups excluding carboxylic acids is 2. The van der Waals surface area contributed by atoms with E-state index in [0.717, 1.165) is 45.3 Å². The van der Waals surface area contributed by atoms with Crippen molar-refractivity contribution in [3.8, 4) is 16.9 Å². The van der Waals surface area contributed by atoms with Gasteiger partial charge in [0.25, 0.3) is 5.91 Å². The molecular formula is C31H41N3O4. The molecule has 2 aromatic carbocycles. The molecule has 204 valence electrons. The number of carbonyl (C=O) groups is 2. The topological polar surface area (TPSA) is 89.6 Å². The Bertz CT molecular complexity index is 1280. The molecule has 2 amide bonds. The third-order valence-corrected chi connectivity index (χ3v) is 5.71. The summed E-state index contributed by atoms with van der Waals surface area (Å²) in [6.45, 7) is 15.9. The lowest BCUT2D eigenvalue weighted by Crippen LogP contribution is -2.34. The fourth-order valence-corrected chi connectivity index (χ4v) is 4.21. The molecule has 0 aliphatic rings. The van der Waals surface area contributed by atoms with Gasteiger partial charge in [0.1, 0.15) is 11.4 Å². The molecule has 1 heterocycles. The standard InChI is InChI=1S/C31H41N3O4/c1-19(2)15-27-25(17-32-30(36)38-31(6,7)8)29(22-11-9-21(5)10-12-22)24-16-23(13-14-26(24)34-27)37-18-28(35)33-20(3)4/h9-14,16,19-20H,15,17-18H2,1-8H3,(H,32,36)(H,33,35). The molecule has 0 saturated carbocycles. The molecule has 0 aliphatic carbocycles. The van der Waals surface area contributed by atoms with E-state index in [0.29, 0.717) is 11.7 Å². The first-order valence-electron chi connectivity index (χ1n) is 13.2. The number of nitrogens with one attached hydrogen (secondary N) is 2. The van der Waals surface area contributed by atoms with E-state index in [-0.39, 0.29) is 25.1 Å². The van der Waals surface area contributed by atoms with Crippen LogP contribution in [-0.4, -0.2) is 35.2 Å². The van der Waals surface area contributed by atoms with Crippen LogP contribution in [0.2, 0.25) is 0 Å². The molecular weight excluding hydrogens is 478 g/mol. The van der Waals surface area contributed by atoms with Crippen molar-refractivity contribution >= 4 is 22.9 Å². The Balaban J connectivity index is 2.13. The summed E-state index contributed by atoms with van der Waals surface area (Å²) in [5, 5.41) is 6.68. The van der Waals surface area contributed by atoms with Crippen molar-refractivity contribution in [1.82, 2.24) is 15.6 Å². The lowest BCUT2D eigenvalue weighted by Gasteiger charge is -2.22. The van der Waals surface area contributed by atoms with Crippen LogP contribution < -0.4 is 15.4 Å². The minimum atomic E-state index is -0.597. The Morgan fingerprint density at radius 1 is 1.00 bits per heavy atom. The third-order valence-electron chi connectivity index (χ3n) is 5.71. The summed E-state index contributed by atoms with van der Waals surface area (Å²) in [4.78, 5) is 29.8. The van der Waals surface area contributed by atoms with E-state index in [9.17, 15) is 9.59 Å². The van der Waals surface area contributed by atoms with E-state index in [4.69, 9.17) is 14.5 Å². The summed E-state index contributed by atoms with van der Waals surface area (Å²) in [6, 6.07) is 14.1. The van der Waals surface area contributed by atoms with Gasteiger partial charge in [0.05, 0.1) is 5.52 Å². The number of aromatic nitrogens is 1. The summed E-state index contributed by atoms with van der Waals surface area (Å²) in [7, 11) is 0. The first kappa shape index (κ1) is 29.0. The molecule has 0 radical (unpaired) electrons. The van der Waals surface area contributed by atoms with Crippen molar-refractivity contribution < 1.29 is 19.1 Å². The number of fused-ring (bicyclic) bond motifs is 1. The Labute approximate surface area is 226 Å². The minimum Gasteiger partial charge on any atom is -0.484 e.